The van der Waals surface area contributed by atoms with Crippen molar-refractivity contribution in [2.75, 3.05) is 0 Å². The molecule has 0 radical (unpaired) electrons. The molecule has 0 heteroatoms. The highest BCUT2D eigenvalue weighted by atomic mass is 14.4. The number of rotatable bonds is 0. The van der Waals surface area contributed by atoms with Gasteiger partial charge in [-0.2, -0.15) is 0 Å². The van der Waals surface area contributed by atoms with Gasteiger partial charge in [0.05, 0.1) is 0 Å². The summed E-state index contributed by atoms with van der Waals surface area (Å²) in [6.07, 6.45) is 9.99. The minimum absolute atomic E-state index is 0.599. The quantitative estimate of drug-likeness (QED) is 0.473. The summed E-state index contributed by atoms with van der Waals surface area (Å²) in [6, 6.07) is 0. The maximum atomic E-state index is 2.42. The van der Waals surface area contributed by atoms with E-state index in [4.69, 9.17) is 0 Å². The van der Waals surface area contributed by atoms with E-state index < -0.39 is 0 Å². The summed E-state index contributed by atoms with van der Waals surface area (Å²) in [5.41, 5.74) is 4.26. The van der Waals surface area contributed by atoms with Crippen molar-refractivity contribution in [3.63, 3.8) is 0 Å². The molecule has 68 valence electrons. The maximum Gasteiger partial charge on any atom is -0.0263 e. The van der Waals surface area contributed by atoms with Crippen molar-refractivity contribution < 1.29 is 0 Å². The zero-order valence-corrected chi connectivity index (χ0v) is 8.45. The maximum absolute atomic E-state index is 2.42. The Hall–Kier alpha value is -0.260. The molecule has 0 bridgehead atoms. The summed E-state index contributed by atoms with van der Waals surface area (Å²) in [7, 11) is 0. The predicted octanol–water partition coefficient (Wildman–Crippen LogP) is 4.07. The van der Waals surface area contributed by atoms with Crippen molar-refractivity contribution in [3.8, 4) is 0 Å². The monoisotopic (exact) mass is 164 g/mol. The highest BCUT2D eigenvalue weighted by Crippen LogP contribution is 2.46. The van der Waals surface area contributed by atoms with Gasteiger partial charge in [-0.15, -0.1) is 0 Å². The molecule has 0 atom stereocenters. The molecule has 2 aliphatic carbocycles. The van der Waals surface area contributed by atoms with E-state index in [2.05, 4.69) is 13.8 Å². The molecule has 0 aromatic carbocycles. The zero-order chi connectivity index (χ0) is 8.60. The van der Waals surface area contributed by atoms with E-state index in [1.165, 1.54) is 44.9 Å². The molecule has 0 saturated carbocycles. The average Bonchev–Trinajstić information content (AvgIpc) is 2.17. The van der Waals surface area contributed by atoms with Crippen molar-refractivity contribution in [1.29, 1.82) is 0 Å². The second-order valence-corrected chi connectivity index (χ2v) is 5.29. The van der Waals surface area contributed by atoms with E-state index in [0.717, 1.165) is 0 Å². The SMILES string of the molecule is CC1(C)CC2=C(CCCCC2)C1. The Labute approximate surface area is 76.1 Å². The van der Waals surface area contributed by atoms with E-state index in [9.17, 15) is 0 Å². The highest BCUT2D eigenvalue weighted by Gasteiger charge is 2.30. The van der Waals surface area contributed by atoms with Gasteiger partial charge in [0, 0.05) is 0 Å². The van der Waals surface area contributed by atoms with Crippen LogP contribution in [0.25, 0.3) is 0 Å². The number of allylic oxidation sites excluding steroid dienone is 2. The van der Waals surface area contributed by atoms with Gasteiger partial charge in [0.15, 0.2) is 0 Å². The fourth-order valence-electron chi connectivity index (χ4n) is 2.85. The third-order valence-corrected chi connectivity index (χ3v) is 3.34. The molecule has 0 saturated heterocycles. The molecule has 0 aromatic heterocycles. The molecule has 2 aliphatic rings. The van der Waals surface area contributed by atoms with Gasteiger partial charge >= 0.3 is 0 Å². The molecule has 0 spiro atoms. The first-order valence-corrected chi connectivity index (χ1v) is 5.37. The number of hydrogen-bond acceptors (Lipinski definition) is 0. The van der Waals surface area contributed by atoms with Gasteiger partial charge in [0.2, 0.25) is 0 Å². The second-order valence-electron chi connectivity index (χ2n) is 5.29. The highest BCUT2D eigenvalue weighted by molar-refractivity contribution is 5.24. The van der Waals surface area contributed by atoms with Crippen LogP contribution in [0.2, 0.25) is 0 Å². The van der Waals surface area contributed by atoms with Crippen LogP contribution in [0, 0.1) is 5.41 Å². The Morgan fingerprint density at radius 2 is 1.33 bits per heavy atom. The molecular weight excluding hydrogens is 144 g/mol. The number of hydrogen-bond donors (Lipinski definition) is 0. The Morgan fingerprint density at radius 3 is 1.83 bits per heavy atom. The molecule has 2 rings (SSSR count). The van der Waals surface area contributed by atoms with Crippen LogP contribution < -0.4 is 0 Å². The molecule has 0 aromatic rings. The van der Waals surface area contributed by atoms with E-state index in [-0.39, 0.29) is 0 Å². The lowest BCUT2D eigenvalue weighted by atomic mass is 9.87. The van der Waals surface area contributed by atoms with Gasteiger partial charge in [-0.25, -0.2) is 0 Å². The zero-order valence-electron chi connectivity index (χ0n) is 8.45. The van der Waals surface area contributed by atoms with Gasteiger partial charge in [-0.3, -0.25) is 0 Å². The van der Waals surface area contributed by atoms with Crippen LogP contribution in [-0.2, 0) is 0 Å². The van der Waals surface area contributed by atoms with Crippen LogP contribution in [0.4, 0.5) is 0 Å². The van der Waals surface area contributed by atoms with Gasteiger partial charge in [-0.1, -0.05) is 31.4 Å². The van der Waals surface area contributed by atoms with E-state index in [1.807, 2.05) is 11.1 Å². The molecule has 0 unspecified atom stereocenters. The molecule has 0 heterocycles. The topological polar surface area (TPSA) is 0 Å². The van der Waals surface area contributed by atoms with Gasteiger partial charge in [-0.05, 0) is 43.9 Å². The van der Waals surface area contributed by atoms with Crippen molar-refractivity contribution in [2.45, 2.75) is 58.8 Å². The normalized spacial score (nSPS) is 28.5. The van der Waals surface area contributed by atoms with E-state index >= 15 is 0 Å². The van der Waals surface area contributed by atoms with Crippen LogP contribution in [0.3, 0.4) is 0 Å². The molecule has 12 heavy (non-hydrogen) atoms. The minimum atomic E-state index is 0.599. The van der Waals surface area contributed by atoms with Gasteiger partial charge in [0.1, 0.15) is 0 Å². The molecular formula is C12H20. The minimum Gasteiger partial charge on any atom is -0.0704 e. The van der Waals surface area contributed by atoms with Crippen LogP contribution in [0.5, 0.6) is 0 Å². The largest absolute Gasteiger partial charge is 0.0704 e. The van der Waals surface area contributed by atoms with Crippen molar-refractivity contribution >= 4 is 0 Å². The molecule has 0 N–H and O–H groups in total. The fourth-order valence-corrected chi connectivity index (χ4v) is 2.85. The standard InChI is InChI=1S/C12H20/c1-12(2)8-10-6-4-3-5-7-11(10)9-12/h3-9H2,1-2H3. The van der Waals surface area contributed by atoms with Gasteiger partial charge < -0.3 is 0 Å². The Morgan fingerprint density at radius 1 is 0.833 bits per heavy atom. The summed E-state index contributed by atoms with van der Waals surface area (Å²) in [5.74, 6) is 0. The molecule has 0 fully saturated rings. The summed E-state index contributed by atoms with van der Waals surface area (Å²) in [5, 5.41) is 0. The predicted molar refractivity (Wildman–Crippen MR) is 53.1 cm³/mol. The van der Waals surface area contributed by atoms with Crippen LogP contribution >= 0.6 is 0 Å². The lowest BCUT2D eigenvalue weighted by molar-refractivity contribution is 0.380. The molecule has 0 amide bonds. The van der Waals surface area contributed by atoms with E-state index in [1.54, 1.807) is 0 Å². The summed E-state index contributed by atoms with van der Waals surface area (Å²) >= 11 is 0. The first kappa shape index (κ1) is 8.34. The fraction of sp³-hybridized carbons (Fsp3) is 0.833. The first-order valence-electron chi connectivity index (χ1n) is 5.37. The van der Waals surface area contributed by atoms with Crippen molar-refractivity contribution in [3.05, 3.63) is 11.1 Å². The summed E-state index contributed by atoms with van der Waals surface area (Å²) in [4.78, 5) is 0. The smallest absolute Gasteiger partial charge is 0.0263 e. The van der Waals surface area contributed by atoms with E-state index in [0.29, 0.717) is 5.41 Å². The molecule has 0 aliphatic heterocycles. The van der Waals surface area contributed by atoms with Crippen LogP contribution in [-0.4, -0.2) is 0 Å². The average molecular weight is 164 g/mol. The lowest BCUT2D eigenvalue weighted by Gasteiger charge is -2.18. The summed E-state index contributed by atoms with van der Waals surface area (Å²) < 4.78 is 0. The van der Waals surface area contributed by atoms with Crippen LogP contribution in [0.15, 0.2) is 11.1 Å². The second kappa shape index (κ2) is 2.90. The Kier molecular flexibility index (Phi) is 2.02. The van der Waals surface area contributed by atoms with Crippen molar-refractivity contribution in [2.24, 2.45) is 5.41 Å². The lowest BCUT2D eigenvalue weighted by Crippen LogP contribution is -2.05. The van der Waals surface area contributed by atoms with Crippen LogP contribution in [0.1, 0.15) is 58.8 Å². The first-order chi connectivity index (χ1) is 5.67. The van der Waals surface area contributed by atoms with Crippen molar-refractivity contribution in [1.82, 2.24) is 0 Å². The Bertz CT molecular complexity index is 188. The summed E-state index contributed by atoms with van der Waals surface area (Å²) in [6.45, 7) is 4.84. The third-order valence-electron chi connectivity index (χ3n) is 3.34. The van der Waals surface area contributed by atoms with Gasteiger partial charge in [0.25, 0.3) is 0 Å². The third kappa shape index (κ3) is 1.57. The molecule has 0 nitrogen and oxygen atoms in total. The Balaban J connectivity index is 2.12.